The molecule has 19 heavy (non-hydrogen) atoms. The molecule has 0 amide bonds. The summed E-state index contributed by atoms with van der Waals surface area (Å²) in [6.07, 6.45) is 2.20. The summed E-state index contributed by atoms with van der Waals surface area (Å²) in [7, 11) is 3.41. The number of nitrogen functional groups attached to an aromatic ring is 1. The molecule has 0 aromatic heterocycles. The number of halogens is 1. The Morgan fingerprint density at radius 1 is 1.53 bits per heavy atom. The van der Waals surface area contributed by atoms with Gasteiger partial charge >= 0.3 is 0 Å². The molecule has 1 saturated heterocycles. The molecule has 0 radical (unpaired) electrons. The molecule has 1 aromatic rings. The van der Waals surface area contributed by atoms with Crippen molar-refractivity contribution in [1.29, 1.82) is 0 Å². The van der Waals surface area contributed by atoms with Crippen LogP contribution in [0.2, 0.25) is 0 Å². The summed E-state index contributed by atoms with van der Waals surface area (Å²) >= 11 is 0. The predicted octanol–water partition coefficient (Wildman–Crippen LogP) is 2.28. The van der Waals surface area contributed by atoms with Crippen molar-refractivity contribution in [2.45, 2.75) is 12.8 Å². The van der Waals surface area contributed by atoms with Gasteiger partial charge in [0, 0.05) is 32.3 Å². The second kappa shape index (κ2) is 6.10. The van der Waals surface area contributed by atoms with E-state index in [1.807, 2.05) is 11.9 Å². The zero-order valence-electron chi connectivity index (χ0n) is 11.5. The summed E-state index contributed by atoms with van der Waals surface area (Å²) in [4.78, 5) is 1.90. The Morgan fingerprint density at radius 2 is 2.32 bits per heavy atom. The summed E-state index contributed by atoms with van der Waals surface area (Å²) in [5.74, 6) is 0.627. The molecule has 1 unspecified atom stereocenters. The lowest BCUT2D eigenvalue weighted by molar-refractivity contribution is 0.0576. The van der Waals surface area contributed by atoms with Crippen LogP contribution in [0, 0.1) is 11.7 Å². The fraction of sp³-hybridized carbons (Fsp3) is 0.571. The minimum atomic E-state index is -0.322. The maximum atomic E-state index is 14.0. The molecule has 106 valence electrons. The highest BCUT2D eigenvalue weighted by molar-refractivity contribution is 5.63. The largest absolute Gasteiger partial charge is 0.495 e. The van der Waals surface area contributed by atoms with Crippen molar-refractivity contribution in [3.63, 3.8) is 0 Å². The van der Waals surface area contributed by atoms with Crippen molar-refractivity contribution in [2.24, 2.45) is 5.92 Å². The van der Waals surface area contributed by atoms with Crippen LogP contribution in [0.4, 0.5) is 15.8 Å². The van der Waals surface area contributed by atoms with E-state index in [1.165, 1.54) is 13.2 Å². The van der Waals surface area contributed by atoms with Crippen LogP contribution < -0.4 is 15.4 Å². The molecule has 1 aromatic carbocycles. The first-order valence-electron chi connectivity index (χ1n) is 6.53. The van der Waals surface area contributed by atoms with Gasteiger partial charge in [-0.15, -0.1) is 0 Å². The number of benzene rings is 1. The van der Waals surface area contributed by atoms with Crippen LogP contribution in [0.3, 0.4) is 0 Å². The Bertz CT molecular complexity index is 434. The van der Waals surface area contributed by atoms with Crippen LogP contribution in [0.15, 0.2) is 12.1 Å². The second-order valence-electron chi connectivity index (χ2n) is 5.01. The van der Waals surface area contributed by atoms with E-state index in [0.717, 1.165) is 32.6 Å². The standard InChI is InChI=1S/C14H21FN2O2/c1-17(8-10-4-3-5-19-9-10)13-7-14(18-2)12(16)6-11(13)15/h6-7,10H,3-5,8-9,16H2,1-2H3. The van der Waals surface area contributed by atoms with Gasteiger partial charge in [-0.1, -0.05) is 0 Å². The summed E-state index contributed by atoms with van der Waals surface area (Å²) in [6, 6.07) is 2.95. The molecule has 0 aliphatic carbocycles. The molecule has 1 aliphatic rings. The van der Waals surface area contributed by atoms with Gasteiger partial charge in [-0.2, -0.15) is 0 Å². The van der Waals surface area contributed by atoms with Crippen LogP contribution >= 0.6 is 0 Å². The van der Waals surface area contributed by atoms with E-state index in [0.29, 0.717) is 23.0 Å². The molecule has 0 spiro atoms. The zero-order valence-corrected chi connectivity index (χ0v) is 11.5. The fourth-order valence-corrected chi connectivity index (χ4v) is 2.46. The van der Waals surface area contributed by atoms with Crippen LogP contribution in [0.5, 0.6) is 5.75 Å². The minimum Gasteiger partial charge on any atom is -0.495 e. The smallest absolute Gasteiger partial charge is 0.148 e. The maximum Gasteiger partial charge on any atom is 0.148 e. The van der Waals surface area contributed by atoms with Crippen molar-refractivity contribution in [3.8, 4) is 5.75 Å². The van der Waals surface area contributed by atoms with Crippen LogP contribution in [-0.2, 0) is 4.74 Å². The summed E-state index contributed by atoms with van der Waals surface area (Å²) in [6.45, 7) is 2.35. The highest BCUT2D eigenvalue weighted by Gasteiger charge is 2.19. The molecule has 2 N–H and O–H groups in total. The van der Waals surface area contributed by atoms with Crippen LogP contribution in [-0.4, -0.2) is 33.9 Å². The number of hydrogen-bond acceptors (Lipinski definition) is 4. The predicted molar refractivity (Wildman–Crippen MR) is 74.2 cm³/mol. The highest BCUT2D eigenvalue weighted by atomic mass is 19.1. The normalized spacial score (nSPS) is 19.2. The molecule has 2 rings (SSSR count). The quantitative estimate of drug-likeness (QED) is 0.851. The number of anilines is 2. The molecule has 0 saturated carbocycles. The van der Waals surface area contributed by atoms with E-state index in [4.69, 9.17) is 15.2 Å². The third kappa shape index (κ3) is 3.29. The minimum absolute atomic E-state index is 0.318. The number of nitrogens with two attached hydrogens (primary N) is 1. The molecular weight excluding hydrogens is 247 g/mol. The topological polar surface area (TPSA) is 47.7 Å². The molecule has 1 atom stereocenters. The monoisotopic (exact) mass is 268 g/mol. The van der Waals surface area contributed by atoms with Gasteiger partial charge in [-0.3, -0.25) is 0 Å². The first-order valence-corrected chi connectivity index (χ1v) is 6.53. The Hall–Kier alpha value is -1.49. The van der Waals surface area contributed by atoms with Gasteiger partial charge in [0.15, 0.2) is 0 Å². The molecule has 5 heteroatoms. The molecule has 0 bridgehead atoms. The lowest BCUT2D eigenvalue weighted by Crippen LogP contribution is -2.31. The Morgan fingerprint density at radius 3 is 2.95 bits per heavy atom. The van der Waals surface area contributed by atoms with Crippen LogP contribution in [0.25, 0.3) is 0 Å². The first-order chi connectivity index (χ1) is 9.11. The van der Waals surface area contributed by atoms with E-state index >= 15 is 0 Å². The fourth-order valence-electron chi connectivity index (χ4n) is 2.46. The van der Waals surface area contributed by atoms with Gasteiger partial charge in [0.25, 0.3) is 0 Å². The lowest BCUT2D eigenvalue weighted by Gasteiger charge is -2.29. The van der Waals surface area contributed by atoms with Crippen molar-refractivity contribution in [1.82, 2.24) is 0 Å². The van der Waals surface area contributed by atoms with Crippen molar-refractivity contribution < 1.29 is 13.9 Å². The summed E-state index contributed by atoms with van der Waals surface area (Å²) < 4.78 is 24.5. The Labute approximate surface area is 113 Å². The van der Waals surface area contributed by atoms with Gasteiger partial charge < -0.3 is 20.1 Å². The van der Waals surface area contributed by atoms with Crippen molar-refractivity contribution >= 4 is 11.4 Å². The van der Waals surface area contributed by atoms with E-state index in [-0.39, 0.29) is 5.82 Å². The average molecular weight is 268 g/mol. The molecule has 1 heterocycles. The molecule has 4 nitrogen and oxygen atoms in total. The van der Waals surface area contributed by atoms with Crippen LogP contribution in [0.1, 0.15) is 12.8 Å². The van der Waals surface area contributed by atoms with E-state index in [2.05, 4.69) is 0 Å². The number of methoxy groups -OCH3 is 1. The van der Waals surface area contributed by atoms with E-state index < -0.39 is 0 Å². The zero-order chi connectivity index (χ0) is 13.8. The van der Waals surface area contributed by atoms with Gasteiger partial charge in [0.05, 0.1) is 25.1 Å². The van der Waals surface area contributed by atoms with Crippen molar-refractivity contribution in [2.75, 3.05) is 44.5 Å². The number of nitrogens with zero attached hydrogens (tertiary/aromatic N) is 1. The van der Waals surface area contributed by atoms with Gasteiger partial charge in [0.1, 0.15) is 11.6 Å². The summed E-state index contributed by atoms with van der Waals surface area (Å²) in [5, 5.41) is 0. The Kier molecular flexibility index (Phi) is 4.47. The third-order valence-corrected chi connectivity index (χ3v) is 3.50. The molecule has 1 fully saturated rings. The molecule has 1 aliphatic heterocycles. The summed E-state index contributed by atoms with van der Waals surface area (Å²) in [5.41, 5.74) is 6.51. The van der Waals surface area contributed by atoms with Crippen molar-refractivity contribution in [3.05, 3.63) is 17.9 Å². The number of ether oxygens (including phenoxy) is 2. The number of rotatable bonds is 4. The first kappa shape index (κ1) is 13.9. The van der Waals surface area contributed by atoms with Gasteiger partial charge in [-0.25, -0.2) is 4.39 Å². The van der Waals surface area contributed by atoms with Gasteiger partial charge in [0.2, 0.25) is 0 Å². The second-order valence-corrected chi connectivity index (χ2v) is 5.01. The SMILES string of the molecule is COc1cc(N(C)CC2CCCOC2)c(F)cc1N. The van der Waals surface area contributed by atoms with E-state index in [9.17, 15) is 4.39 Å². The lowest BCUT2D eigenvalue weighted by atomic mass is 10.0. The van der Waals surface area contributed by atoms with E-state index in [1.54, 1.807) is 6.07 Å². The molecular formula is C14H21FN2O2. The Balaban J connectivity index is 2.11. The number of hydrogen-bond donors (Lipinski definition) is 1. The van der Waals surface area contributed by atoms with Gasteiger partial charge in [-0.05, 0) is 18.8 Å². The maximum absolute atomic E-state index is 14.0. The third-order valence-electron chi connectivity index (χ3n) is 3.50. The average Bonchev–Trinajstić information content (AvgIpc) is 2.40. The highest BCUT2D eigenvalue weighted by Crippen LogP contribution is 2.31.